The van der Waals surface area contributed by atoms with Gasteiger partial charge in [-0.2, -0.15) is 0 Å². The van der Waals surface area contributed by atoms with Crippen LogP contribution in [0.25, 0.3) is 0 Å². The lowest BCUT2D eigenvalue weighted by atomic mass is 9.98. The molecule has 1 aromatic heterocycles. The zero-order chi connectivity index (χ0) is 18.2. The molecule has 0 spiro atoms. The molecule has 1 aromatic carbocycles. The van der Waals surface area contributed by atoms with E-state index in [0.29, 0.717) is 31.2 Å². The van der Waals surface area contributed by atoms with Crippen LogP contribution in [0.4, 0.5) is 5.13 Å². The molecule has 7 heteroatoms. The van der Waals surface area contributed by atoms with Gasteiger partial charge in [-0.3, -0.25) is 4.79 Å². The van der Waals surface area contributed by atoms with Crippen LogP contribution in [-0.2, 0) is 4.74 Å². The molecule has 0 saturated carbocycles. The summed E-state index contributed by atoms with van der Waals surface area (Å²) in [5, 5.41) is 6.14. The molecule has 1 aliphatic heterocycles. The smallest absolute Gasteiger partial charge is 0.251 e. The fourth-order valence-electron chi connectivity index (χ4n) is 3.06. The largest absolute Gasteiger partial charge is 0.491 e. The molecule has 140 valence electrons. The molecule has 3 rings (SSSR count). The monoisotopic (exact) mass is 375 g/mol. The average Bonchev–Trinajstić information content (AvgIpc) is 3.22. The Morgan fingerprint density at radius 2 is 2.19 bits per heavy atom. The highest BCUT2D eigenvalue weighted by molar-refractivity contribution is 7.13. The molecule has 26 heavy (non-hydrogen) atoms. The van der Waals surface area contributed by atoms with Gasteiger partial charge in [0.25, 0.3) is 5.91 Å². The van der Waals surface area contributed by atoms with E-state index >= 15 is 0 Å². The number of anilines is 1. The van der Waals surface area contributed by atoms with E-state index in [9.17, 15) is 4.79 Å². The Balaban J connectivity index is 1.46. The van der Waals surface area contributed by atoms with E-state index in [1.54, 1.807) is 30.6 Å². The molecular weight excluding hydrogens is 350 g/mol. The number of rotatable bonds is 8. The predicted molar refractivity (Wildman–Crippen MR) is 103 cm³/mol. The van der Waals surface area contributed by atoms with Crippen LogP contribution in [0.2, 0.25) is 0 Å². The lowest BCUT2D eigenvalue weighted by Crippen LogP contribution is -2.41. The minimum atomic E-state index is -0.0418. The number of ether oxygens (including phenoxy) is 2. The van der Waals surface area contributed by atoms with Gasteiger partial charge in [0.1, 0.15) is 12.4 Å². The highest BCUT2D eigenvalue weighted by Gasteiger charge is 2.22. The lowest BCUT2D eigenvalue weighted by molar-refractivity contribution is 0.0945. The van der Waals surface area contributed by atoms with E-state index in [2.05, 4.69) is 15.2 Å². The van der Waals surface area contributed by atoms with Crippen LogP contribution < -0.4 is 15.0 Å². The van der Waals surface area contributed by atoms with Crippen molar-refractivity contribution in [3.05, 3.63) is 41.4 Å². The van der Waals surface area contributed by atoms with Crippen molar-refractivity contribution in [1.29, 1.82) is 0 Å². The van der Waals surface area contributed by atoms with Crippen molar-refractivity contribution in [2.75, 3.05) is 44.9 Å². The van der Waals surface area contributed by atoms with Crippen molar-refractivity contribution in [2.45, 2.75) is 12.8 Å². The SMILES string of the molecule is COCCOc1ccc(C(=O)NCC2CCCN(c3nccs3)C2)cc1. The van der Waals surface area contributed by atoms with Gasteiger partial charge in [0, 0.05) is 43.9 Å². The fourth-order valence-corrected chi connectivity index (χ4v) is 3.74. The summed E-state index contributed by atoms with van der Waals surface area (Å²) in [6.45, 7) is 3.72. The molecule has 2 heterocycles. The summed E-state index contributed by atoms with van der Waals surface area (Å²) < 4.78 is 10.5. The van der Waals surface area contributed by atoms with Gasteiger partial charge in [-0.1, -0.05) is 0 Å². The van der Waals surface area contributed by atoms with Crippen LogP contribution in [0.3, 0.4) is 0 Å². The first-order valence-corrected chi connectivity index (χ1v) is 9.78. The van der Waals surface area contributed by atoms with Crippen molar-refractivity contribution in [1.82, 2.24) is 10.3 Å². The Kier molecular flexibility index (Phi) is 6.85. The molecule has 0 aliphatic carbocycles. The van der Waals surface area contributed by atoms with Gasteiger partial charge >= 0.3 is 0 Å². The molecule has 1 fully saturated rings. The quantitative estimate of drug-likeness (QED) is 0.719. The maximum atomic E-state index is 12.4. The Morgan fingerprint density at radius 1 is 1.35 bits per heavy atom. The minimum Gasteiger partial charge on any atom is -0.491 e. The summed E-state index contributed by atoms with van der Waals surface area (Å²) in [5.41, 5.74) is 0.650. The topological polar surface area (TPSA) is 63.7 Å². The molecule has 0 radical (unpaired) electrons. The van der Waals surface area contributed by atoms with E-state index in [-0.39, 0.29) is 5.91 Å². The molecular formula is C19H25N3O3S. The second-order valence-electron chi connectivity index (χ2n) is 6.34. The van der Waals surface area contributed by atoms with E-state index < -0.39 is 0 Å². The van der Waals surface area contributed by atoms with E-state index in [4.69, 9.17) is 9.47 Å². The Hall–Kier alpha value is -2.12. The Labute approximate surface area is 158 Å². The predicted octanol–water partition coefficient (Wildman–Crippen LogP) is 2.81. The number of aromatic nitrogens is 1. The van der Waals surface area contributed by atoms with Crippen molar-refractivity contribution >= 4 is 22.4 Å². The summed E-state index contributed by atoms with van der Waals surface area (Å²) in [6, 6.07) is 7.21. The molecule has 1 aliphatic rings. The molecule has 2 aromatic rings. The summed E-state index contributed by atoms with van der Waals surface area (Å²) >= 11 is 1.67. The number of benzene rings is 1. The minimum absolute atomic E-state index is 0.0418. The van der Waals surface area contributed by atoms with E-state index in [1.807, 2.05) is 23.7 Å². The zero-order valence-corrected chi connectivity index (χ0v) is 15.8. The summed E-state index contributed by atoms with van der Waals surface area (Å²) in [7, 11) is 1.64. The van der Waals surface area contributed by atoms with Gasteiger partial charge in [0.2, 0.25) is 0 Å². The molecule has 1 atom stereocenters. The van der Waals surface area contributed by atoms with Gasteiger partial charge in [-0.05, 0) is 43.0 Å². The van der Waals surface area contributed by atoms with Crippen LogP contribution in [0, 0.1) is 5.92 Å². The van der Waals surface area contributed by atoms with Crippen LogP contribution in [-0.4, -0.2) is 50.8 Å². The number of carbonyl (C=O) groups is 1. The van der Waals surface area contributed by atoms with E-state index in [1.165, 1.54) is 0 Å². The van der Waals surface area contributed by atoms with Crippen LogP contribution >= 0.6 is 11.3 Å². The first-order valence-electron chi connectivity index (χ1n) is 8.90. The number of nitrogens with zero attached hydrogens (tertiary/aromatic N) is 2. The fraction of sp³-hybridized carbons (Fsp3) is 0.474. The first kappa shape index (κ1) is 18.7. The van der Waals surface area contributed by atoms with E-state index in [0.717, 1.165) is 36.8 Å². The number of thiazole rings is 1. The van der Waals surface area contributed by atoms with Crippen molar-refractivity contribution in [3.63, 3.8) is 0 Å². The standard InChI is InChI=1S/C19H25N3O3S/c1-24-10-11-25-17-6-4-16(5-7-17)18(23)21-13-15-3-2-9-22(14-15)19-20-8-12-26-19/h4-8,12,15H,2-3,9-11,13-14H2,1H3,(H,21,23). The maximum absolute atomic E-state index is 12.4. The van der Waals surface area contributed by atoms with Gasteiger partial charge in [-0.25, -0.2) is 4.98 Å². The molecule has 0 bridgehead atoms. The van der Waals surface area contributed by atoms with Gasteiger partial charge in [-0.15, -0.1) is 11.3 Å². The lowest BCUT2D eigenvalue weighted by Gasteiger charge is -2.32. The summed E-state index contributed by atoms with van der Waals surface area (Å²) in [6.07, 6.45) is 4.11. The zero-order valence-electron chi connectivity index (χ0n) is 15.0. The third kappa shape index (κ3) is 5.19. The van der Waals surface area contributed by atoms with Gasteiger partial charge in [0.05, 0.1) is 6.61 Å². The number of hydrogen-bond acceptors (Lipinski definition) is 6. The summed E-state index contributed by atoms with van der Waals surface area (Å²) in [5.74, 6) is 1.15. The second kappa shape index (κ2) is 9.54. The van der Waals surface area contributed by atoms with Crippen LogP contribution in [0.15, 0.2) is 35.8 Å². The molecule has 1 unspecified atom stereocenters. The Morgan fingerprint density at radius 3 is 2.92 bits per heavy atom. The maximum Gasteiger partial charge on any atom is 0.251 e. The molecule has 1 saturated heterocycles. The van der Waals surface area contributed by atoms with Crippen molar-refractivity contribution in [2.24, 2.45) is 5.92 Å². The molecule has 1 amide bonds. The Bertz CT molecular complexity index is 676. The van der Waals surface area contributed by atoms with Gasteiger partial charge in [0.15, 0.2) is 5.13 Å². The van der Waals surface area contributed by atoms with Crippen molar-refractivity contribution < 1.29 is 14.3 Å². The number of methoxy groups -OCH3 is 1. The second-order valence-corrected chi connectivity index (χ2v) is 7.22. The molecule has 1 N–H and O–H groups in total. The van der Waals surface area contributed by atoms with Crippen LogP contribution in [0.5, 0.6) is 5.75 Å². The third-order valence-electron chi connectivity index (χ3n) is 4.43. The number of amides is 1. The summed E-state index contributed by atoms with van der Waals surface area (Å²) in [4.78, 5) is 19.1. The number of piperidine rings is 1. The van der Waals surface area contributed by atoms with Crippen molar-refractivity contribution in [3.8, 4) is 5.75 Å². The average molecular weight is 375 g/mol. The first-order chi connectivity index (χ1) is 12.8. The number of nitrogens with one attached hydrogen (secondary N) is 1. The third-order valence-corrected chi connectivity index (χ3v) is 5.27. The normalized spacial score (nSPS) is 17.1. The van der Waals surface area contributed by atoms with Gasteiger partial charge < -0.3 is 19.7 Å². The number of carbonyl (C=O) groups excluding carboxylic acids is 1. The highest BCUT2D eigenvalue weighted by Crippen LogP contribution is 2.24. The van der Waals surface area contributed by atoms with Crippen LogP contribution in [0.1, 0.15) is 23.2 Å². The molecule has 6 nitrogen and oxygen atoms in total. The highest BCUT2D eigenvalue weighted by atomic mass is 32.1. The number of hydrogen-bond donors (Lipinski definition) is 1.